The molecular formula is C14H19NO3S. The topological polar surface area (TPSA) is 57.6 Å². The first-order chi connectivity index (χ1) is 9.13. The van der Waals surface area contributed by atoms with Crippen LogP contribution < -0.4 is 0 Å². The van der Waals surface area contributed by atoms with Gasteiger partial charge < -0.3 is 10.0 Å². The second-order valence-corrected chi connectivity index (χ2v) is 6.39. The van der Waals surface area contributed by atoms with Crippen LogP contribution in [0.2, 0.25) is 0 Å². The van der Waals surface area contributed by atoms with Gasteiger partial charge in [-0.05, 0) is 25.0 Å². The number of nitrogens with zero attached hydrogens (tertiary/aromatic N) is 1. The quantitative estimate of drug-likeness (QED) is 0.911. The minimum atomic E-state index is -1.15. The van der Waals surface area contributed by atoms with Crippen LogP contribution in [-0.4, -0.2) is 45.1 Å². The zero-order valence-electron chi connectivity index (χ0n) is 11.0. The molecule has 1 saturated heterocycles. The van der Waals surface area contributed by atoms with Crippen LogP contribution in [0.3, 0.4) is 0 Å². The average Bonchev–Trinajstić information content (AvgIpc) is 2.45. The van der Waals surface area contributed by atoms with E-state index in [0.29, 0.717) is 29.3 Å². The minimum Gasteiger partial charge on any atom is -0.391 e. The van der Waals surface area contributed by atoms with Gasteiger partial charge >= 0.3 is 0 Å². The molecule has 1 amide bonds. The van der Waals surface area contributed by atoms with Gasteiger partial charge in [0, 0.05) is 18.8 Å². The van der Waals surface area contributed by atoms with E-state index in [1.54, 1.807) is 29.2 Å². The largest absolute Gasteiger partial charge is 0.391 e. The lowest BCUT2D eigenvalue weighted by Gasteiger charge is -2.30. The van der Waals surface area contributed by atoms with Crippen molar-refractivity contribution >= 4 is 16.7 Å². The second-order valence-electron chi connectivity index (χ2n) is 4.68. The second kappa shape index (κ2) is 6.30. The number of amides is 1. The summed E-state index contributed by atoms with van der Waals surface area (Å²) in [4.78, 5) is 14.7. The molecule has 0 saturated carbocycles. The van der Waals surface area contributed by atoms with Gasteiger partial charge in [0.1, 0.15) is 0 Å². The van der Waals surface area contributed by atoms with Crippen molar-refractivity contribution < 1.29 is 14.1 Å². The number of benzene rings is 1. The molecule has 2 unspecified atom stereocenters. The maximum Gasteiger partial charge on any atom is 0.255 e. The summed E-state index contributed by atoms with van der Waals surface area (Å²) in [5.41, 5.74) is 0.497. The van der Waals surface area contributed by atoms with Crippen LogP contribution in [0, 0.1) is 0 Å². The molecule has 1 aliphatic heterocycles. The summed E-state index contributed by atoms with van der Waals surface area (Å²) >= 11 is 0. The number of piperidine rings is 1. The first kappa shape index (κ1) is 14.2. The molecule has 5 heteroatoms. The highest BCUT2D eigenvalue weighted by Crippen LogP contribution is 2.19. The lowest BCUT2D eigenvalue weighted by atomic mass is 10.1. The molecule has 0 aromatic heterocycles. The molecule has 2 atom stereocenters. The van der Waals surface area contributed by atoms with Crippen molar-refractivity contribution in [2.45, 2.75) is 30.8 Å². The van der Waals surface area contributed by atoms with E-state index in [-0.39, 0.29) is 5.91 Å². The minimum absolute atomic E-state index is 0.129. The van der Waals surface area contributed by atoms with Gasteiger partial charge in [0.2, 0.25) is 0 Å². The van der Waals surface area contributed by atoms with E-state index in [9.17, 15) is 14.1 Å². The fourth-order valence-corrected chi connectivity index (χ4v) is 3.25. The molecule has 4 nitrogen and oxygen atoms in total. The molecular weight excluding hydrogens is 262 g/mol. The van der Waals surface area contributed by atoms with Crippen molar-refractivity contribution in [3.63, 3.8) is 0 Å². The summed E-state index contributed by atoms with van der Waals surface area (Å²) in [7, 11) is -1.15. The third-order valence-electron chi connectivity index (χ3n) is 3.31. The van der Waals surface area contributed by atoms with E-state index in [4.69, 9.17) is 0 Å². The zero-order chi connectivity index (χ0) is 13.8. The van der Waals surface area contributed by atoms with Crippen LogP contribution in [0.1, 0.15) is 30.1 Å². The van der Waals surface area contributed by atoms with Crippen molar-refractivity contribution in [3.05, 3.63) is 29.8 Å². The number of carbonyl (C=O) groups excluding carboxylic acids is 1. The van der Waals surface area contributed by atoms with Crippen LogP contribution >= 0.6 is 0 Å². The number of aliphatic hydroxyl groups excluding tert-OH is 1. The monoisotopic (exact) mass is 281 g/mol. The SMILES string of the molecule is CCS(=O)c1ccccc1C(=O)N1CCCC(O)C1. The Labute approximate surface area is 115 Å². The Bertz CT molecular complexity index is 489. The predicted octanol–water partition coefficient (Wildman–Crippen LogP) is 1.41. The lowest BCUT2D eigenvalue weighted by molar-refractivity contribution is 0.0471. The smallest absolute Gasteiger partial charge is 0.255 e. The Morgan fingerprint density at radius 2 is 2.21 bits per heavy atom. The van der Waals surface area contributed by atoms with Crippen LogP contribution in [0.25, 0.3) is 0 Å². The van der Waals surface area contributed by atoms with Gasteiger partial charge in [-0.25, -0.2) is 0 Å². The van der Waals surface area contributed by atoms with E-state index >= 15 is 0 Å². The number of hydrogen-bond acceptors (Lipinski definition) is 3. The Kier molecular flexibility index (Phi) is 4.71. The molecule has 104 valence electrons. The zero-order valence-corrected chi connectivity index (χ0v) is 11.9. The van der Waals surface area contributed by atoms with Gasteiger partial charge in [0.25, 0.3) is 5.91 Å². The number of β-amino-alcohol motifs (C(OH)–C–C–N with tert-alkyl or cyclic N) is 1. The molecule has 1 heterocycles. The number of rotatable bonds is 3. The highest BCUT2D eigenvalue weighted by molar-refractivity contribution is 7.85. The molecule has 1 aromatic carbocycles. The molecule has 0 aliphatic carbocycles. The molecule has 2 rings (SSSR count). The number of aliphatic hydroxyl groups is 1. The van der Waals surface area contributed by atoms with Gasteiger partial charge in [-0.15, -0.1) is 0 Å². The van der Waals surface area contributed by atoms with Crippen LogP contribution in [-0.2, 0) is 10.8 Å². The molecule has 0 bridgehead atoms. The fraction of sp³-hybridized carbons (Fsp3) is 0.500. The Hall–Kier alpha value is -1.20. The molecule has 0 spiro atoms. The highest BCUT2D eigenvalue weighted by atomic mass is 32.2. The molecule has 1 fully saturated rings. The van der Waals surface area contributed by atoms with Crippen molar-refractivity contribution in [1.82, 2.24) is 4.90 Å². The highest BCUT2D eigenvalue weighted by Gasteiger charge is 2.25. The maximum absolute atomic E-state index is 12.5. The molecule has 1 N–H and O–H groups in total. The van der Waals surface area contributed by atoms with E-state index in [1.165, 1.54) is 0 Å². The number of hydrogen-bond donors (Lipinski definition) is 1. The van der Waals surface area contributed by atoms with Crippen molar-refractivity contribution in [2.24, 2.45) is 0 Å². The van der Waals surface area contributed by atoms with Gasteiger partial charge in [-0.1, -0.05) is 19.1 Å². The summed E-state index contributed by atoms with van der Waals surface area (Å²) < 4.78 is 12.0. The third kappa shape index (κ3) is 3.22. The number of likely N-dealkylation sites (tertiary alicyclic amines) is 1. The molecule has 1 aromatic rings. The summed E-state index contributed by atoms with van der Waals surface area (Å²) in [6.07, 6.45) is 1.11. The molecule has 1 aliphatic rings. The maximum atomic E-state index is 12.5. The van der Waals surface area contributed by atoms with Gasteiger partial charge in [0.15, 0.2) is 0 Å². The van der Waals surface area contributed by atoms with Gasteiger partial charge in [-0.2, -0.15) is 0 Å². The van der Waals surface area contributed by atoms with Crippen LogP contribution in [0.4, 0.5) is 0 Å². The first-order valence-electron chi connectivity index (χ1n) is 6.58. The lowest BCUT2D eigenvalue weighted by Crippen LogP contribution is -2.42. The summed E-state index contributed by atoms with van der Waals surface area (Å²) in [6.45, 7) is 2.86. The Morgan fingerprint density at radius 3 is 2.89 bits per heavy atom. The number of carbonyl (C=O) groups is 1. The summed E-state index contributed by atoms with van der Waals surface area (Å²) in [6, 6.07) is 7.04. The van der Waals surface area contributed by atoms with Crippen LogP contribution in [0.5, 0.6) is 0 Å². The van der Waals surface area contributed by atoms with Crippen molar-refractivity contribution in [2.75, 3.05) is 18.8 Å². The Balaban J connectivity index is 2.26. The van der Waals surface area contributed by atoms with E-state index in [0.717, 1.165) is 12.8 Å². The van der Waals surface area contributed by atoms with Crippen molar-refractivity contribution in [1.29, 1.82) is 0 Å². The summed E-state index contributed by atoms with van der Waals surface area (Å²) in [5, 5.41) is 9.65. The predicted molar refractivity (Wildman–Crippen MR) is 74.5 cm³/mol. The van der Waals surface area contributed by atoms with E-state index in [2.05, 4.69) is 0 Å². The van der Waals surface area contributed by atoms with Gasteiger partial charge in [0.05, 0.1) is 27.4 Å². The van der Waals surface area contributed by atoms with Crippen LogP contribution in [0.15, 0.2) is 29.2 Å². The standard InChI is InChI=1S/C14H19NO3S/c1-2-19(18)13-8-4-3-7-12(13)14(17)15-9-5-6-11(16)10-15/h3-4,7-8,11,16H,2,5-6,9-10H2,1H3. The third-order valence-corrected chi connectivity index (χ3v) is 4.68. The fourth-order valence-electron chi connectivity index (χ4n) is 2.31. The molecule has 0 radical (unpaired) electrons. The average molecular weight is 281 g/mol. The first-order valence-corrected chi connectivity index (χ1v) is 7.90. The van der Waals surface area contributed by atoms with E-state index < -0.39 is 16.9 Å². The van der Waals surface area contributed by atoms with E-state index in [1.807, 2.05) is 6.92 Å². The van der Waals surface area contributed by atoms with Crippen molar-refractivity contribution in [3.8, 4) is 0 Å². The van der Waals surface area contributed by atoms with Gasteiger partial charge in [-0.3, -0.25) is 9.00 Å². The molecule has 19 heavy (non-hydrogen) atoms. The normalized spacial score (nSPS) is 21.2. The summed E-state index contributed by atoms with van der Waals surface area (Å²) in [5.74, 6) is 0.364. The Morgan fingerprint density at radius 1 is 1.47 bits per heavy atom.